The smallest absolute Gasteiger partial charge is 0.279 e. The Labute approximate surface area is 180 Å². The Morgan fingerprint density at radius 1 is 1.30 bits per heavy atom. The van der Waals surface area contributed by atoms with Crippen molar-refractivity contribution >= 4 is 27.5 Å². The average molecular weight is 425 g/mol. The zero-order valence-corrected chi connectivity index (χ0v) is 18.8. The van der Waals surface area contributed by atoms with Crippen LogP contribution in [-0.4, -0.2) is 20.9 Å². The Balaban J connectivity index is 1.56. The van der Waals surface area contributed by atoms with Gasteiger partial charge in [-0.25, -0.2) is 4.68 Å². The molecule has 1 amide bonds. The first kappa shape index (κ1) is 20.7. The zero-order chi connectivity index (χ0) is 21.5. The molecule has 2 atom stereocenters. The largest absolute Gasteiger partial charge is 0.348 e. The van der Waals surface area contributed by atoms with Crippen LogP contribution >= 0.6 is 11.3 Å². The van der Waals surface area contributed by atoms with Gasteiger partial charge >= 0.3 is 0 Å². The molecule has 3 aromatic rings. The van der Waals surface area contributed by atoms with Crippen molar-refractivity contribution in [2.24, 2.45) is 11.3 Å². The van der Waals surface area contributed by atoms with Gasteiger partial charge in [-0.15, -0.1) is 16.4 Å². The number of rotatable bonds is 4. The fourth-order valence-corrected chi connectivity index (χ4v) is 5.45. The van der Waals surface area contributed by atoms with E-state index in [1.165, 1.54) is 9.56 Å². The number of hydrogen-bond donors (Lipinski definition) is 1. The summed E-state index contributed by atoms with van der Waals surface area (Å²) in [6.45, 7) is 8.62. The second-order valence-electron chi connectivity index (χ2n) is 9.24. The van der Waals surface area contributed by atoms with Crippen molar-refractivity contribution < 1.29 is 4.79 Å². The number of benzene rings is 1. The molecule has 0 radical (unpaired) electrons. The van der Waals surface area contributed by atoms with Crippen LogP contribution in [-0.2, 0) is 24.2 Å². The van der Waals surface area contributed by atoms with Crippen LogP contribution in [0.1, 0.15) is 56.2 Å². The molecule has 158 valence electrons. The highest BCUT2D eigenvalue weighted by atomic mass is 32.1. The molecule has 0 unspecified atom stereocenters. The monoisotopic (exact) mass is 424 g/mol. The van der Waals surface area contributed by atoms with Crippen LogP contribution in [0.3, 0.4) is 0 Å². The number of hydrogen-bond acceptors (Lipinski definition) is 5. The third-order valence-electron chi connectivity index (χ3n) is 6.13. The quantitative estimate of drug-likeness (QED) is 0.689. The van der Waals surface area contributed by atoms with E-state index in [0.29, 0.717) is 16.1 Å². The van der Waals surface area contributed by atoms with Crippen LogP contribution in [0.4, 0.5) is 0 Å². The molecule has 2 heterocycles. The highest BCUT2D eigenvalue weighted by Gasteiger charge is 2.32. The van der Waals surface area contributed by atoms with Gasteiger partial charge in [0.15, 0.2) is 4.83 Å². The van der Waals surface area contributed by atoms with Gasteiger partial charge in [-0.05, 0) is 48.6 Å². The summed E-state index contributed by atoms with van der Waals surface area (Å²) >= 11 is 1.58. The fraction of sp³-hybridized carbons (Fsp3) is 0.478. The number of aryl methyl sites for hydroxylation is 1. The van der Waals surface area contributed by atoms with Gasteiger partial charge in [-0.3, -0.25) is 9.59 Å². The number of thiophene rings is 1. The first-order chi connectivity index (χ1) is 14.2. The number of nitrogens with zero attached hydrogens (tertiary/aromatic N) is 3. The van der Waals surface area contributed by atoms with E-state index in [9.17, 15) is 9.59 Å². The lowest BCUT2D eigenvalue weighted by Crippen LogP contribution is -2.35. The molecule has 30 heavy (non-hydrogen) atoms. The topological polar surface area (TPSA) is 76.9 Å². The molecule has 7 heteroatoms. The average Bonchev–Trinajstić information content (AvgIpc) is 3.08. The predicted molar refractivity (Wildman–Crippen MR) is 120 cm³/mol. The number of nitrogens with one attached hydrogen (secondary N) is 1. The first-order valence-electron chi connectivity index (χ1n) is 10.5. The van der Waals surface area contributed by atoms with Crippen molar-refractivity contribution in [2.75, 3.05) is 0 Å². The summed E-state index contributed by atoms with van der Waals surface area (Å²) < 4.78 is 1.19. The van der Waals surface area contributed by atoms with Gasteiger partial charge in [0, 0.05) is 4.88 Å². The molecule has 1 aliphatic carbocycles. The van der Waals surface area contributed by atoms with Crippen molar-refractivity contribution in [1.29, 1.82) is 0 Å². The molecule has 0 bridgehead atoms. The Kier molecular flexibility index (Phi) is 5.49. The number of aromatic nitrogens is 3. The van der Waals surface area contributed by atoms with E-state index in [4.69, 9.17) is 0 Å². The van der Waals surface area contributed by atoms with Crippen molar-refractivity contribution in [3.8, 4) is 0 Å². The predicted octanol–water partition coefficient (Wildman–Crippen LogP) is 3.88. The van der Waals surface area contributed by atoms with Crippen LogP contribution in [0.25, 0.3) is 10.2 Å². The summed E-state index contributed by atoms with van der Waals surface area (Å²) in [5, 5.41) is 11.9. The second-order valence-corrected chi connectivity index (χ2v) is 10.3. The van der Waals surface area contributed by atoms with E-state index in [1.807, 2.05) is 37.3 Å². The molecule has 0 saturated heterocycles. The molecule has 4 rings (SSSR count). The van der Waals surface area contributed by atoms with Crippen LogP contribution in [0.5, 0.6) is 0 Å². The molecular weight excluding hydrogens is 396 g/mol. The van der Waals surface area contributed by atoms with Crippen LogP contribution < -0.4 is 10.9 Å². The molecular formula is C23H28N4O2S. The maximum Gasteiger partial charge on any atom is 0.279 e. The molecule has 0 spiro atoms. The van der Waals surface area contributed by atoms with E-state index >= 15 is 0 Å². The minimum atomic E-state index is -0.251. The number of amides is 1. The molecule has 2 aromatic heterocycles. The highest BCUT2D eigenvalue weighted by molar-refractivity contribution is 7.18. The summed E-state index contributed by atoms with van der Waals surface area (Å²) in [6.07, 6.45) is 2.93. The van der Waals surface area contributed by atoms with Gasteiger partial charge in [0.1, 0.15) is 6.54 Å². The summed E-state index contributed by atoms with van der Waals surface area (Å²) in [5.41, 5.74) is 2.16. The van der Waals surface area contributed by atoms with E-state index < -0.39 is 0 Å². The van der Waals surface area contributed by atoms with Crippen molar-refractivity contribution in [2.45, 2.75) is 59.5 Å². The highest BCUT2D eigenvalue weighted by Crippen LogP contribution is 2.41. The number of fused-ring (bicyclic) bond motifs is 3. The van der Waals surface area contributed by atoms with Crippen LogP contribution in [0, 0.1) is 11.3 Å². The molecule has 1 aromatic carbocycles. The summed E-state index contributed by atoms with van der Waals surface area (Å²) in [7, 11) is 0. The zero-order valence-electron chi connectivity index (χ0n) is 17.9. The summed E-state index contributed by atoms with van der Waals surface area (Å²) in [6, 6.07) is 9.59. The summed E-state index contributed by atoms with van der Waals surface area (Å²) in [4.78, 5) is 27.6. The standard InChI is InChI=1S/C23H28N4O2S/c1-14(15-8-6-5-7-9-15)24-19(28)13-27-22(29)20-17-11-10-16(23(2,3)4)12-18(17)30-21(20)25-26-27/h5-9,14,16H,10-13H2,1-4H3,(H,24,28)/t14-,16-/m0/s1. The third-order valence-corrected chi connectivity index (χ3v) is 7.27. The minimum Gasteiger partial charge on any atom is -0.348 e. The lowest BCUT2D eigenvalue weighted by Gasteiger charge is -2.33. The molecule has 0 saturated carbocycles. The second kappa shape index (κ2) is 7.95. The van der Waals surface area contributed by atoms with Gasteiger partial charge in [-0.2, -0.15) is 0 Å². The fourth-order valence-electron chi connectivity index (χ4n) is 4.22. The van der Waals surface area contributed by atoms with Gasteiger partial charge in [-0.1, -0.05) is 56.3 Å². The lowest BCUT2D eigenvalue weighted by molar-refractivity contribution is -0.122. The molecule has 0 fully saturated rings. The van der Waals surface area contributed by atoms with Crippen LogP contribution in [0.15, 0.2) is 35.1 Å². The Hall–Kier alpha value is -2.54. The molecule has 6 nitrogen and oxygen atoms in total. The normalized spacial score (nSPS) is 17.5. The Morgan fingerprint density at radius 3 is 2.73 bits per heavy atom. The molecule has 0 aliphatic heterocycles. The SMILES string of the molecule is C[C@H](NC(=O)Cn1nnc2sc3c(c2c1=O)CC[C@H](C(C)(C)C)C3)c1ccccc1. The third kappa shape index (κ3) is 4.03. The summed E-state index contributed by atoms with van der Waals surface area (Å²) in [5.74, 6) is 0.345. The molecule has 1 aliphatic rings. The first-order valence-corrected chi connectivity index (χ1v) is 11.3. The van der Waals surface area contributed by atoms with E-state index in [1.54, 1.807) is 11.3 Å². The van der Waals surface area contributed by atoms with E-state index in [2.05, 4.69) is 36.4 Å². The van der Waals surface area contributed by atoms with Gasteiger partial charge in [0.05, 0.1) is 11.4 Å². The van der Waals surface area contributed by atoms with Crippen molar-refractivity contribution in [3.05, 3.63) is 56.7 Å². The maximum atomic E-state index is 13.1. The number of carbonyl (C=O) groups is 1. The van der Waals surface area contributed by atoms with E-state index in [-0.39, 0.29) is 29.5 Å². The lowest BCUT2D eigenvalue weighted by atomic mass is 9.72. The van der Waals surface area contributed by atoms with E-state index in [0.717, 1.165) is 30.4 Å². The Bertz CT molecular complexity index is 1130. The van der Waals surface area contributed by atoms with Gasteiger partial charge in [0.2, 0.25) is 5.91 Å². The van der Waals surface area contributed by atoms with Gasteiger partial charge in [0.25, 0.3) is 5.56 Å². The van der Waals surface area contributed by atoms with Crippen molar-refractivity contribution in [1.82, 2.24) is 20.3 Å². The minimum absolute atomic E-state index is 0.131. The van der Waals surface area contributed by atoms with Crippen LogP contribution in [0.2, 0.25) is 0 Å². The molecule has 1 N–H and O–H groups in total. The maximum absolute atomic E-state index is 13.1. The Morgan fingerprint density at radius 2 is 2.03 bits per heavy atom. The van der Waals surface area contributed by atoms with Crippen molar-refractivity contribution in [3.63, 3.8) is 0 Å². The number of carbonyl (C=O) groups excluding carboxylic acids is 1. The van der Waals surface area contributed by atoms with Gasteiger partial charge < -0.3 is 5.32 Å².